The first-order valence-corrected chi connectivity index (χ1v) is 6.90. The lowest BCUT2D eigenvalue weighted by atomic mass is 9.84. The lowest BCUT2D eigenvalue weighted by Crippen LogP contribution is -2.34. The predicted molar refractivity (Wildman–Crippen MR) is 85.4 cm³/mol. The summed E-state index contributed by atoms with van der Waals surface area (Å²) in [6, 6.07) is 18.0. The van der Waals surface area contributed by atoms with Gasteiger partial charge in [0, 0.05) is 17.1 Å². The van der Waals surface area contributed by atoms with Crippen molar-refractivity contribution < 1.29 is 4.74 Å². The van der Waals surface area contributed by atoms with Crippen LogP contribution in [-0.2, 0) is 5.54 Å². The third-order valence-electron chi connectivity index (χ3n) is 3.87. The van der Waals surface area contributed by atoms with Crippen molar-refractivity contribution in [2.24, 2.45) is 5.73 Å². The van der Waals surface area contributed by atoms with Crippen molar-refractivity contribution >= 4 is 10.9 Å². The lowest BCUT2D eigenvalue weighted by Gasteiger charge is -2.28. The molecule has 1 atom stereocenters. The van der Waals surface area contributed by atoms with E-state index in [0.717, 1.165) is 27.8 Å². The molecule has 2 aromatic carbocycles. The minimum Gasteiger partial charge on any atom is -0.496 e. The zero-order valence-electron chi connectivity index (χ0n) is 12.2. The number of methoxy groups -OCH3 is 1. The van der Waals surface area contributed by atoms with Crippen LogP contribution in [-0.4, -0.2) is 12.1 Å². The molecule has 2 N–H and O–H groups in total. The summed E-state index contributed by atoms with van der Waals surface area (Å²) in [4.78, 5) is 4.35. The van der Waals surface area contributed by atoms with E-state index >= 15 is 0 Å². The Kier molecular flexibility index (Phi) is 3.35. The zero-order valence-corrected chi connectivity index (χ0v) is 12.2. The van der Waals surface area contributed by atoms with E-state index in [1.807, 2.05) is 55.5 Å². The number of para-hydroxylation sites is 1. The molecule has 0 saturated carbocycles. The van der Waals surface area contributed by atoms with Gasteiger partial charge in [-0.1, -0.05) is 30.3 Å². The molecule has 0 saturated heterocycles. The van der Waals surface area contributed by atoms with Crippen LogP contribution in [0.1, 0.15) is 18.1 Å². The van der Waals surface area contributed by atoms with Gasteiger partial charge in [-0.3, -0.25) is 4.98 Å². The average Bonchev–Trinajstić information content (AvgIpc) is 2.54. The SMILES string of the molecule is COc1ccccc1C(C)(N)c1ccc2ncccc2c1. The van der Waals surface area contributed by atoms with E-state index in [1.165, 1.54) is 0 Å². The Bertz CT molecular complexity index is 781. The van der Waals surface area contributed by atoms with Crippen molar-refractivity contribution in [1.82, 2.24) is 4.98 Å². The molecule has 1 heterocycles. The highest BCUT2D eigenvalue weighted by molar-refractivity contribution is 5.79. The molecule has 0 aliphatic carbocycles. The van der Waals surface area contributed by atoms with Crippen LogP contribution in [0.5, 0.6) is 5.75 Å². The van der Waals surface area contributed by atoms with Crippen LogP contribution in [0.2, 0.25) is 0 Å². The number of nitrogens with two attached hydrogens (primary N) is 1. The summed E-state index contributed by atoms with van der Waals surface area (Å²) in [6.07, 6.45) is 1.80. The third kappa shape index (κ3) is 2.36. The molecule has 0 aliphatic rings. The number of hydrogen-bond acceptors (Lipinski definition) is 3. The second kappa shape index (κ2) is 5.19. The third-order valence-corrected chi connectivity index (χ3v) is 3.87. The Labute approximate surface area is 124 Å². The molecular weight excluding hydrogens is 260 g/mol. The average molecular weight is 278 g/mol. The fourth-order valence-corrected chi connectivity index (χ4v) is 2.63. The second-order valence-corrected chi connectivity index (χ2v) is 5.31. The standard InChI is InChI=1S/C18H18N2O/c1-18(19,15-7-3-4-8-17(15)21-2)14-9-10-16-13(12-14)6-5-11-20-16/h3-12H,19H2,1-2H3. The molecule has 21 heavy (non-hydrogen) atoms. The van der Waals surface area contributed by atoms with Gasteiger partial charge < -0.3 is 10.5 Å². The van der Waals surface area contributed by atoms with Gasteiger partial charge in [-0.25, -0.2) is 0 Å². The minimum atomic E-state index is -0.628. The van der Waals surface area contributed by atoms with Crippen LogP contribution in [0.3, 0.4) is 0 Å². The smallest absolute Gasteiger partial charge is 0.124 e. The largest absolute Gasteiger partial charge is 0.496 e. The molecule has 0 radical (unpaired) electrons. The summed E-state index contributed by atoms with van der Waals surface area (Å²) < 4.78 is 5.45. The molecule has 3 nitrogen and oxygen atoms in total. The Hall–Kier alpha value is -2.39. The van der Waals surface area contributed by atoms with Crippen LogP contribution >= 0.6 is 0 Å². The van der Waals surface area contributed by atoms with E-state index < -0.39 is 5.54 Å². The van der Waals surface area contributed by atoms with E-state index in [0.29, 0.717) is 0 Å². The molecule has 0 bridgehead atoms. The predicted octanol–water partition coefficient (Wildman–Crippen LogP) is 3.47. The first kappa shape index (κ1) is 13.6. The van der Waals surface area contributed by atoms with E-state index in [1.54, 1.807) is 13.3 Å². The van der Waals surface area contributed by atoms with Crippen LogP contribution in [0.25, 0.3) is 10.9 Å². The van der Waals surface area contributed by atoms with Gasteiger partial charge in [0.2, 0.25) is 0 Å². The molecule has 106 valence electrons. The molecule has 0 fully saturated rings. The number of aromatic nitrogens is 1. The van der Waals surface area contributed by atoms with Gasteiger partial charge >= 0.3 is 0 Å². The van der Waals surface area contributed by atoms with Gasteiger partial charge in [-0.15, -0.1) is 0 Å². The topological polar surface area (TPSA) is 48.1 Å². The van der Waals surface area contributed by atoms with Crippen LogP contribution in [0.15, 0.2) is 60.8 Å². The van der Waals surface area contributed by atoms with Crippen LogP contribution in [0, 0.1) is 0 Å². The molecule has 3 heteroatoms. The highest BCUT2D eigenvalue weighted by Crippen LogP contribution is 2.34. The van der Waals surface area contributed by atoms with Crippen molar-refractivity contribution in [1.29, 1.82) is 0 Å². The summed E-state index contributed by atoms with van der Waals surface area (Å²) in [5.41, 5.74) is 8.97. The molecule has 0 aliphatic heterocycles. The van der Waals surface area contributed by atoms with Crippen LogP contribution in [0.4, 0.5) is 0 Å². The van der Waals surface area contributed by atoms with Gasteiger partial charge in [0.15, 0.2) is 0 Å². The summed E-state index contributed by atoms with van der Waals surface area (Å²) >= 11 is 0. The van der Waals surface area contributed by atoms with Crippen LogP contribution < -0.4 is 10.5 Å². The maximum Gasteiger partial charge on any atom is 0.124 e. The molecule has 3 aromatic rings. The molecule has 0 amide bonds. The Morgan fingerprint density at radius 3 is 2.67 bits per heavy atom. The van der Waals surface area contributed by atoms with E-state index in [4.69, 9.17) is 10.5 Å². The number of ether oxygens (including phenoxy) is 1. The highest BCUT2D eigenvalue weighted by atomic mass is 16.5. The fraction of sp³-hybridized carbons (Fsp3) is 0.167. The molecular formula is C18H18N2O. The van der Waals surface area contributed by atoms with Crippen molar-refractivity contribution in [3.63, 3.8) is 0 Å². The first-order chi connectivity index (χ1) is 10.1. The second-order valence-electron chi connectivity index (χ2n) is 5.31. The van der Waals surface area contributed by atoms with Gasteiger partial charge in [0.05, 0.1) is 18.2 Å². The number of benzene rings is 2. The van der Waals surface area contributed by atoms with E-state index in [2.05, 4.69) is 11.1 Å². The molecule has 1 unspecified atom stereocenters. The Balaban J connectivity index is 2.15. The fourth-order valence-electron chi connectivity index (χ4n) is 2.63. The zero-order chi connectivity index (χ0) is 14.9. The molecule has 0 spiro atoms. The number of hydrogen-bond donors (Lipinski definition) is 1. The highest BCUT2D eigenvalue weighted by Gasteiger charge is 2.27. The molecule has 3 rings (SSSR count). The first-order valence-electron chi connectivity index (χ1n) is 6.90. The Morgan fingerprint density at radius 1 is 1.05 bits per heavy atom. The van der Waals surface area contributed by atoms with E-state index in [-0.39, 0.29) is 0 Å². The van der Waals surface area contributed by atoms with Crippen molar-refractivity contribution in [3.8, 4) is 5.75 Å². The molecule has 1 aromatic heterocycles. The van der Waals surface area contributed by atoms with Crippen molar-refractivity contribution in [2.75, 3.05) is 7.11 Å². The van der Waals surface area contributed by atoms with Gasteiger partial charge in [-0.2, -0.15) is 0 Å². The van der Waals surface area contributed by atoms with Crippen molar-refractivity contribution in [3.05, 3.63) is 71.9 Å². The number of rotatable bonds is 3. The monoisotopic (exact) mass is 278 g/mol. The van der Waals surface area contributed by atoms with Crippen molar-refractivity contribution in [2.45, 2.75) is 12.5 Å². The maximum atomic E-state index is 6.63. The van der Waals surface area contributed by atoms with E-state index in [9.17, 15) is 0 Å². The number of nitrogens with zero attached hydrogens (tertiary/aromatic N) is 1. The normalized spacial score (nSPS) is 13.9. The maximum absolute atomic E-state index is 6.63. The summed E-state index contributed by atoms with van der Waals surface area (Å²) in [6.45, 7) is 2.00. The van der Waals surface area contributed by atoms with Gasteiger partial charge in [-0.05, 0) is 36.8 Å². The minimum absolute atomic E-state index is 0.628. The summed E-state index contributed by atoms with van der Waals surface area (Å²) in [7, 11) is 1.67. The van der Waals surface area contributed by atoms with Gasteiger partial charge in [0.25, 0.3) is 0 Å². The van der Waals surface area contributed by atoms with Gasteiger partial charge in [0.1, 0.15) is 5.75 Å². The Morgan fingerprint density at radius 2 is 1.86 bits per heavy atom. The lowest BCUT2D eigenvalue weighted by molar-refractivity contribution is 0.399. The quantitative estimate of drug-likeness (QED) is 0.798. The summed E-state index contributed by atoms with van der Waals surface area (Å²) in [5, 5.41) is 1.08. The number of fused-ring (bicyclic) bond motifs is 1. The summed E-state index contributed by atoms with van der Waals surface area (Å²) in [5.74, 6) is 0.800. The number of pyridine rings is 1.